The quantitative estimate of drug-likeness (QED) is 0.847. The summed E-state index contributed by atoms with van der Waals surface area (Å²) in [7, 11) is 1.79. The van der Waals surface area contributed by atoms with Gasteiger partial charge in [0.15, 0.2) is 5.82 Å². The first-order valence-corrected chi connectivity index (χ1v) is 6.24. The molecule has 0 saturated heterocycles. The van der Waals surface area contributed by atoms with Crippen LogP contribution in [0.15, 0.2) is 42.7 Å². The average Bonchev–Trinajstić information content (AvgIpc) is 2.86. The Kier molecular flexibility index (Phi) is 4.30. The number of nitrogens with zero attached hydrogens (tertiary/aromatic N) is 2. The molecular formula is C14H18N4O. The second kappa shape index (κ2) is 6.15. The fourth-order valence-electron chi connectivity index (χ4n) is 1.87. The number of nitrogens with one attached hydrogen (secondary N) is 1. The van der Waals surface area contributed by atoms with E-state index in [0.717, 1.165) is 5.56 Å². The minimum atomic E-state index is -0.173. The van der Waals surface area contributed by atoms with E-state index in [-0.39, 0.29) is 11.9 Å². The van der Waals surface area contributed by atoms with Crippen LogP contribution in [0.1, 0.15) is 28.6 Å². The molecule has 0 radical (unpaired) electrons. The summed E-state index contributed by atoms with van der Waals surface area (Å²) in [6, 6.07) is 9.79. The Balaban J connectivity index is 1.81. The Morgan fingerprint density at radius 3 is 2.79 bits per heavy atom. The Morgan fingerprint density at radius 2 is 2.16 bits per heavy atom. The lowest BCUT2D eigenvalue weighted by Crippen LogP contribution is -2.29. The van der Waals surface area contributed by atoms with Gasteiger partial charge < -0.3 is 15.6 Å². The van der Waals surface area contributed by atoms with Crippen molar-refractivity contribution in [3.8, 4) is 0 Å². The van der Waals surface area contributed by atoms with E-state index < -0.39 is 0 Å². The fraction of sp³-hybridized carbons (Fsp3) is 0.286. The molecule has 3 N–H and O–H groups in total. The van der Waals surface area contributed by atoms with Crippen molar-refractivity contribution in [2.75, 3.05) is 6.54 Å². The van der Waals surface area contributed by atoms with Crippen molar-refractivity contribution in [1.82, 2.24) is 14.9 Å². The first-order chi connectivity index (χ1) is 9.18. The Bertz CT molecular complexity index is 535. The highest BCUT2D eigenvalue weighted by Gasteiger charge is 2.11. The van der Waals surface area contributed by atoms with Crippen LogP contribution in [0, 0.1) is 0 Å². The van der Waals surface area contributed by atoms with Crippen LogP contribution in [0.2, 0.25) is 0 Å². The molecule has 1 atom stereocenters. The van der Waals surface area contributed by atoms with Crippen molar-refractivity contribution in [3.63, 3.8) is 0 Å². The van der Waals surface area contributed by atoms with Gasteiger partial charge in [0.25, 0.3) is 5.91 Å². The molecule has 0 bridgehead atoms. The van der Waals surface area contributed by atoms with E-state index in [4.69, 9.17) is 5.73 Å². The van der Waals surface area contributed by atoms with Crippen LogP contribution in [-0.2, 0) is 7.05 Å². The van der Waals surface area contributed by atoms with Gasteiger partial charge >= 0.3 is 0 Å². The minimum Gasteiger partial charge on any atom is -0.349 e. The van der Waals surface area contributed by atoms with E-state index >= 15 is 0 Å². The molecule has 5 heteroatoms. The molecule has 0 aliphatic rings. The van der Waals surface area contributed by atoms with E-state index in [1.54, 1.807) is 24.0 Å². The van der Waals surface area contributed by atoms with Gasteiger partial charge in [0.2, 0.25) is 0 Å². The third-order valence-electron chi connectivity index (χ3n) is 2.99. The highest BCUT2D eigenvalue weighted by atomic mass is 16.2. The summed E-state index contributed by atoms with van der Waals surface area (Å²) in [6.45, 7) is 0.530. The SMILES string of the molecule is Cn1ccnc1C(=O)NCCC(N)c1ccccc1. The summed E-state index contributed by atoms with van der Waals surface area (Å²) in [5.41, 5.74) is 7.14. The first-order valence-electron chi connectivity index (χ1n) is 6.24. The van der Waals surface area contributed by atoms with Crippen LogP contribution >= 0.6 is 0 Å². The maximum absolute atomic E-state index is 11.8. The lowest BCUT2D eigenvalue weighted by atomic mass is 10.1. The van der Waals surface area contributed by atoms with E-state index in [2.05, 4.69) is 10.3 Å². The smallest absolute Gasteiger partial charge is 0.287 e. The fourth-order valence-corrected chi connectivity index (χ4v) is 1.87. The molecule has 0 spiro atoms. The first kappa shape index (κ1) is 13.3. The van der Waals surface area contributed by atoms with E-state index in [1.807, 2.05) is 30.3 Å². The molecule has 1 amide bonds. The summed E-state index contributed by atoms with van der Waals surface area (Å²) in [5.74, 6) is 0.237. The molecular weight excluding hydrogens is 240 g/mol. The number of nitrogens with two attached hydrogens (primary N) is 1. The molecule has 0 aliphatic carbocycles. The molecule has 1 unspecified atom stereocenters. The summed E-state index contributed by atoms with van der Waals surface area (Å²) >= 11 is 0. The third-order valence-corrected chi connectivity index (χ3v) is 2.99. The number of rotatable bonds is 5. The number of aryl methyl sites for hydroxylation is 1. The van der Waals surface area contributed by atoms with E-state index in [9.17, 15) is 4.79 Å². The van der Waals surface area contributed by atoms with Crippen LogP contribution in [0.3, 0.4) is 0 Å². The average molecular weight is 258 g/mol. The van der Waals surface area contributed by atoms with Gasteiger partial charge in [-0.3, -0.25) is 4.79 Å². The second-order valence-corrected chi connectivity index (χ2v) is 4.42. The summed E-state index contributed by atoms with van der Waals surface area (Å²) < 4.78 is 1.69. The Labute approximate surface area is 112 Å². The lowest BCUT2D eigenvalue weighted by molar-refractivity contribution is 0.0939. The van der Waals surface area contributed by atoms with Crippen LogP contribution in [0.4, 0.5) is 0 Å². The summed E-state index contributed by atoms with van der Waals surface area (Å²) in [4.78, 5) is 15.8. The number of hydrogen-bond acceptors (Lipinski definition) is 3. The zero-order valence-corrected chi connectivity index (χ0v) is 10.9. The Hall–Kier alpha value is -2.14. The lowest BCUT2D eigenvalue weighted by Gasteiger charge is -2.12. The van der Waals surface area contributed by atoms with Crippen molar-refractivity contribution in [1.29, 1.82) is 0 Å². The monoisotopic (exact) mass is 258 g/mol. The summed E-state index contributed by atoms with van der Waals surface area (Å²) in [6.07, 6.45) is 4.04. The van der Waals surface area contributed by atoms with Crippen molar-refractivity contribution in [2.24, 2.45) is 12.8 Å². The minimum absolute atomic E-state index is 0.0668. The predicted octanol–water partition coefficient (Wildman–Crippen LogP) is 1.24. The van der Waals surface area contributed by atoms with Crippen LogP contribution < -0.4 is 11.1 Å². The van der Waals surface area contributed by atoms with Gasteiger partial charge in [0.1, 0.15) is 0 Å². The number of amides is 1. The highest BCUT2D eigenvalue weighted by Crippen LogP contribution is 2.12. The van der Waals surface area contributed by atoms with E-state index in [1.165, 1.54) is 0 Å². The molecule has 0 fully saturated rings. The predicted molar refractivity (Wildman–Crippen MR) is 73.5 cm³/mol. The van der Waals surface area contributed by atoms with Crippen molar-refractivity contribution < 1.29 is 4.79 Å². The number of imidazole rings is 1. The second-order valence-electron chi connectivity index (χ2n) is 4.42. The number of benzene rings is 1. The molecule has 19 heavy (non-hydrogen) atoms. The van der Waals surface area contributed by atoms with Gasteiger partial charge in [-0.1, -0.05) is 30.3 Å². The zero-order chi connectivity index (χ0) is 13.7. The Morgan fingerprint density at radius 1 is 1.42 bits per heavy atom. The number of hydrogen-bond donors (Lipinski definition) is 2. The maximum atomic E-state index is 11.8. The molecule has 2 rings (SSSR count). The molecule has 5 nitrogen and oxygen atoms in total. The van der Waals surface area contributed by atoms with Gasteiger partial charge in [-0.25, -0.2) is 4.98 Å². The number of aromatic nitrogens is 2. The molecule has 1 aromatic heterocycles. The molecule has 1 aromatic carbocycles. The zero-order valence-electron chi connectivity index (χ0n) is 10.9. The van der Waals surface area contributed by atoms with Crippen LogP contribution in [0.25, 0.3) is 0 Å². The van der Waals surface area contributed by atoms with Gasteiger partial charge in [-0.05, 0) is 12.0 Å². The van der Waals surface area contributed by atoms with Gasteiger partial charge in [-0.2, -0.15) is 0 Å². The van der Waals surface area contributed by atoms with Gasteiger partial charge in [-0.15, -0.1) is 0 Å². The van der Waals surface area contributed by atoms with Gasteiger partial charge in [0, 0.05) is 32.0 Å². The van der Waals surface area contributed by atoms with Crippen molar-refractivity contribution in [2.45, 2.75) is 12.5 Å². The molecule has 0 saturated carbocycles. The van der Waals surface area contributed by atoms with Crippen LogP contribution in [-0.4, -0.2) is 22.0 Å². The van der Waals surface area contributed by atoms with Crippen molar-refractivity contribution in [3.05, 3.63) is 54.1 Å². The normalized spacial score (nSPS) is 12.1. The largest absolute Gasteiger partial charge is 0.349 e. The van der Waals surface area contributed by atoms with Gasteiger partial charge in [0.05, 0.1) is 0 Å². The topological polar surface area (TPSA) is 72.9 Å². The van der Waals surface area contributed by atoms with Crippen molar-refractivity contribution >= 4 is 5.91 Å². The number of carbonyl (C=O) groups is 1. The number of carbonyl (C=O) groups excluding carboxylic acids is 1. The highest BCUT2D eigenvalue weighted by molar-refractivity contribution is 5.90. The summed E-state index contributed by atoms with van der Waals surface area (Å²) in [5, 5.41) is 2.82. The van der Waals surface area contributed by atoms with E-state index in [0.29, 0.717) is 18.8 Å². The molecule has 2 aromatic rings. The standard InChI is InChI=1S/C14H18N4O/c1-18-10-9-16-13(18)14(19)17-8-7-12(15)11-5-3-2-4-6-11/h2-6,9-10,12H,7-8,15H2,1H3,(H,17,19). The molecule has 1 heterocycles. The maximum Gasteiger partial charge on any atom is 0.287 e. The molecule has 100 valence electrons. The third kappa shape index (κ3) is 3.42. The van der Waals surface area contributed by atoms with Crippen LogP contribution in [0.5, 0.6) is 0 Å². The molecule has 0 aliphatic heterocycles.